The van der Waals surface area contributed by atoms with E-state index in [0.29, 0.717) is 12.1 Å². The summed E-state index contributed by atoms with van der Waals surface area (Å²) >= 11 is 3.41. The van der Waals surface area contributed by atoms with E-state index in [1.54, 1.807) is 0 Å². The van der Waals surface area contributed by atoms with E-state index in [1.165, 1.54) is 5.56 Å². The number of hydrogen-bond donors (Lipinski definition) is 1. The van der Waals surface area contributed by atoms with Gasteiger partial charge in [-0.15, -0.1) is 0 Å². The van der Waals surface area contributed by atoms with E-state index in [2.05, 4.69) is 21.2 Å². The van der Waals surface area contributed by atoms with E-state index >= 15 is 0 Å². The van der Waals surface area contributed by atoms with Crippen LogP contribution in [0.25, 0.3) is 0 Å². The van der Waals surface area contributed by atoms with Crippen molar-refractivity contribution in [2.75, 3.05) is 0 Å². The van der Waals surface area contributed by atoms with E-state index in [9.17, 15) is 4.79 Å². The molecule has 0 saturated heterocycles. The van der Waals surface area contributed by atoms with E-state index in [0.717, 1.165) is 15.6 Å². The second-order valence-electron chi connectivity index (χ2n) is 4.65. The van der Waals surface area contributed by atoms with Gasteiger partial charge in [-0.05, 0) is 47.5 Å². The fourth-order valence-corrected chi connectivity index (χ4v) is 2.22. The lowest BCUT2D eigenvalue weighted by molar-refractivity contribution is 0.0950. The molecule has 2 aromatic carbocycles. The Morgan fingerprint density at radius 1 is 1.05 bits per heavy atom. The Balaban J connectivity index is 2.05. The molecule has 0 aromatic heterocycles. The Labute approximate surface area is 122 Å². The van der Waals surface area contributed by atoms with Crippen LogP contribution in [-0.4, -0.2) is 5.91 Å². The molecule has 0 radical (unpaired) electrons. The van der Waals surface area contributed by atoms with Crippen LogP contribution < -0.4 is 5.32 Å². The summed E-state index contributed by atoms with van der Waals surface area (Å²) in [6.07, 6.45) is 0. The molecule has 19 heavy (non-hydrogen) atoms. The maximum absolute atomic E-state index is 12.1. The molecule has 0 aliphatic carbocycles. The van der Waals surface area contributed by atoms with E-state index < -0.39 is 0 Å². The van der Waals surface area contributed by atoms with E-state index in [-0.39, 0.29) is 5.91 Å². The Kier molecular flexibility index (Phi) is 4.38. The third-order valence-corrected chi connectivity index (χ3v) is 3.63. The van der Waals surface area contributed by atoms with Gasteiger partial charge < -0.3 is 5.32 Å². The fraction of sp³-hybridized carbons (Fsp3) is 0.188. The maximum atomic E-state index is 12.1. The number of benzene rings is 2. The molecular formula is C16H16BrNO. The Bertz CT molecular complexity index is 590. The van der Waals surface area contributed by atoms with Gasteiger partial charge in [0.05, 0.1) is 5.56 Å². The van der Waals surface area contributed by atoms with Gasteiger partial charge in [-0.3, -0.25) is 4.79 Å². The van der Waals surface area contributed by atoms with Crippen molar-refractivity contribution in [3.63, 3.8) is 0 Å². The molecule has 0 heterocycles. The molecule has 0 fully saturated rings. The van der Waals surface area contributed by atoms with Crippen LogP contribution in [0, 0.1) is 13.8 Å². The maximum Gasteiger partial charge on any atom is 0.252 e. The van der Waals surface area contributed by atoms with Crippen molar-refractivity contribution < 1.29 is 4.79 Å². The van der Waals surface area contributed by atoms with Gasteiger partial charge in [-0.25, -0.2) is 0 Å². The van der Waals surface area contributed by atoms with Crippen LogP contribution in [0.3, 0.4) is 0 Å². The highest BCUT2D eigenvalue weighted by molar-refractivity contribution is 9.10. The molecule has 0 saturated carbocycles. The van der Waals surface area contributed by atoms with Crippen LogP contribution in [0.15, 0.2) is 46.9 Å². The number of carbonyl (C=O) groups excluding carboxylic acids is 1. The summed E-state index contributed by atoms with van der Waals surface area (Å²) in [7, 11) is 0. The van der Waals surface area contributed by atoms with Crippen molar-refractivity contribution in [1.29, 1.82) is 0 Å². The lowest BCUT2D eigenvalue weighted by atomic mass is 10.1. The number of nitrogens with one attached hydrogen (secondary N) is 1. The summed E-state index contributed by atoms with van der Waals surface area (Å²) in [5.41, 5.74) is 4.06. The lowest BCUT2D eigenvalue weighted by Crippen LogP contribution is -2.23. The van der Waals surface area contributed by atoms with Crippen molar-refractivity contribution in [3.05, 3.63) is 69.2 Å². The second-order valence-corrected chi connectivity index (χ2v) is 5.51. The molecule has 0 aliphatic heterocycles. The van der Waals surface area contributed by atoms with Crippen LogP contribution in [0.2, 0.25) is 0 Å². The molecule has 0 unspecified atom stereocenters. The van der Waals surface area contributed by atoms with Crippen LogP contribution in [0.1, 0.15) is 27.0 Å². The quantitative estimate of drug-likeness (QED) is 0.911. The standard InChI is InChI=1S/C16H16BrNO/c1-11-3-6-13(7-4-11)10-18-16(19)14-9-12(2)5-8-15(14)17/h3-9H,10H2,1-2H3,(H,18,19). The number of carbonyl (C=O) groups is 1. The molecular weight excluding hydrogens is 302 g/mol. The summed E-state index contributed by atoms with van der Waals surface area (Å²) in [5.74, 6) is -0.0591. The third kappa shape index (κ3) is 3.67. The molecule has 0 spiro atoms. The zero-order valence-corrected chi connectivity index (χ0v) is 12.6. The van der Waals surface area contributed by atoms with Gasteiger partial charge in [0.2, 0.25) is 0 Å². The Morgan fingerprint density at radius 3 is 2.37 bits per heavy atom. The number of aryl methyl sites for hydroxylation is 2. The van der Waals surface area contributed by atoms with Gasteiger partial charge in [-0.2, -0.15) is 0 Å². The van der Waals surface area contributed by atoms with Crippen molar-refractivity contribution in [2.45, 2.75) is 20.4 Å². The first-order valence-electron chi connectivity index (χ1n) is 6.16. The average molecular weight is 318 g/mol. The zero-order chi connectivity index (χ0) is 13.8. The fourth-order valence-electron chi connectivity index (χ4n) is 1.80. The predicted octanol–water partition coefficient (Wildman–Crippen LogP) is 4.00. The van der Waals surface area contributed by atoms with Crippen LogP contribution >= 0.6 is 15.9 Å². The van der Waals surface area contributed by atoms with Gasteiger partial charge in [0.15, 0.2) is 0 Å². The minimum Gasteiger partial charge on any atom is -0.348 e. The highest BCUT2D eigenvalue weighted by Crippen LogP contribution is 2.18. The average Bonchev–Trinajstić information content (AvgIpc) is 2.40. The topological polar surface area (TPSA) is 29.1 Å². The van der Waals surface area contributed by atoms with Crippen LogP contribution in [0.5, 0.6) is 0 Å². The van der Waals surface area contributed by atoms with Gasteiger partial charge in [-0.1, -0.05) is 41.5 Å². The molecule has 2 rings (SSSR count). The third-order valence-electron chi connectivity index (χ3n) is 2.94. The first kappa shape index (κ1) is 13.8. The SMILES string of the molecule is Cc1ccc(CNC(=O)c2cc(C)ccc2Br)cc1. The number of hydrogen-bond acceptors (Lipinski definition) is 1. The number of rotatable bonds is 3. The molecule has 0 aliphatic rings. The number of halogens is 1. The molecule has 98 valence electrons. The van der Waals surface area contributed by atoms with Crippen LogP contribution in [0.4, 0.5) is 0 Å². The molecule has 0 bridgehead atoms. The van der Waals surface area contributed by atoms with Gasteiger partial charge in [0.25, 0.3) is 5.91 Å². The summed E-state index contributed by atoms with van der Waals surface area (Å²) in [6, 6.07) is 13.9. The van der Waals surface area contributed by atoms with Crippen molar-refractivity contribution in [1.82, 2.24) is 5.32 Å². The van der Waals surface area contributed by atoms with Gasteiger partial charge in [0.1, 0.15) is 0 Å². The molecule has 3 heteroatoms. The summed E-state index contributed by atoms with van der Waals surface area (Å²) in [6.45, 7) is 4.56. The number of amides is 1. The molecule has 2 nitrogen and oxygen atoms in total. The zero-order valence-electron chi connectivity index (χ0n) is 11.0. The predicted molar refractivity (Wildman–Crippen MR) is 81.2 cm³/mol. The monoisotopic (exact) mass is 317 g/mol. The van der Waals surface area contributed by atoms with Crippen molar-refractivity contribution in [2.24, 2.45) is 0 Å². The first-order valence-corrected chi connectivity index (χ1v) is 6.95. The smallest absolute Gasteiger partial charge is 0.252 e. The van der Waals surface area contributed by atoms with Gasteiger partial charge >= 0.3 is 0 Å². The molecule has 1 amide bonds. The van der Waals surface area contributed by atoms with Crippen molar-refractivity contribution >= 4 is 21.8 Å². The minimum absolute atomic E-state index is 0.0591. The normalized spacial score (nSPS) is 10.3. The van der Waals surface area contributed by atoms with Gasteiger partial charge in [0, 0.05) is 11.0 Å². The van der Waals surface area contributed by atoms with Crippen molar-refractivity contribution in [3.8, 4) is 0 Å². The lowest BCUT2D eigenvalue weighted by Gasteiger charge is -2.08. The highest BCUT2D eigenvalue weighted by atomic mass is 79.9. The Hall–Kier alpha value is -1.61. The summed E-state index contributed by atoms with van der Waals surface area (Å²) < 4.78 is 0.819. The summed E-state index contributed by atoms with van der Waals surface area (Å²) in [4.78, 5) is 12.1. The largest absolute Gasteiger partial charge is 0.348 e. The Morgan fingerprint density at radius 2 is 1.68 bits per heavy atom. The van der Waals surface area contributed by atoms with E-state index in [1.807, 2.05) is 56.3 Å². The molecule has 1 N–H and O–H groups in total. The first-order chi connectivity index (χ1) is 9.06. The van der Waals surface area contributed by atoms with E-state index in [4.69, 9.17) is 0 Å². The van der Waals surface area contributed by atoms with Crippen LogP contribution in [-0.2, 0) is 6.54 Å². The molecule has 2 aromatic rings. The highest BCUT2D eigenvalue weighted by Gasteiger charge is 2.09. The second kappa shape index (κ2) is 6.02. The minimum atomic E-state index is -0.0591. The molecule has 0 atom stereocenters. The summed E-state index contributed by atoms with van der Waals surface area (Å²) in [5, 5.41) is 2.93.